The van der Waals surface area contributed by atoms with Crippen molar-refractivity contribution in [1.29, 1.82) is 10.8 Å². The summed E-state index contributed by atoms with van der Waals surface area (Å²) in [6.45, 7) is 1.94. The molecule has 0 aromatic heterocycles. The number of nitrogens with two attached hydrogens (primary N) is 2. The fourth-order valence-corrected chi connectivity index (χ4v) is 6.06. The first-order chi connectivity index (χ1) is 17.2. The zero-order chi connectivity index (χ0) is 25.9. The average molecular weight is 516 g/mol. The van der Waals surface area contributed by atoms with Crippen LogP contribution in [0.5, 0.6) is 5.75 Å². The summed E-state index contributed by atoms with van der Waals surface area (Å²) < 4.78 is 34.3. The Labute approximate surface area is 211 Å². The van der Waals surface area contributed by atoms with E-state index in [2.05, 4.69) is 0 Å². The standard InChI is InChI=1S/C24H33N7O4S/c25-23(26)29-11-8-21(9-12-29)35-20-3-5-22(6-4-20)36(33,34)31(13-14-32)19-2-1-17-7-10-30(24(27)28)16-18(17)15-19/h1-6,15,21,32H,7-14,16H2,(H3,25,26)(H3,27,28). The van der Waals surface area contributed by atoms with Gasteiger partial charge in [-0.2, -0.15) is 0 Å². The molecule has 2 aromatic carbocycles. The van der Waals surface area contributed by atoms with Crippen LogP contribution in [0.15, 0.2) is 47.4 Å². The third kappa shape index (κ3) is 5.49. The Kier molecular flexibility index (Phi) is 7.55. The number of nitrogens with one attached hydrogen (secondary N) is 2. The third-order valence-electron chi connectivity index (χ3n) is 6.63. The highest BCUT2D eigenvalue weighted by Gasteiger charge is 2.27. The van der Waals surface area contributed by atoms with Gasteiger partial charge >= 0.3 is 0 Å². The summed E-state index contributed by atoms with van der Waals surface area (Å²) in [6.07, 6.45) is 2.14. The topological polar surface area (TPSA) is 173 Å². The smallest absolute Gasteiger partial charge is 0.264 e. The van der Waals surface area contributed by atoms with Crippen molar-refractivity contribution in [3.63, 3.8) is 0 Å². The van der Waals surface area contributed by atoms with Crippen LogP contribution in [0.2, 0.25) is 0 Å². The van der Waals surface area contributed by atoms with E-state index in [1.807, 2.05) is 6.07 Å². The lowest BCUT2D eigenvalue weighted by molar-refractivity contribution is 0.130. The van der Waals surface area contributed by atoms with Gasteiger partial charge in [0.25, 0.3) is 10.0 Å². The summed E-state index contributed by atoms with van der Waals surface area (Å²) in [5, 5.41) is 24.9. The molecule has 1 fully saturated rings. The van der Waals surface area contributed by atoms with Gasteiger partial charge in [-0.25, -0.2) is 8.42 Å². The number of fused-ring (bicyclic) bond motifs is 1. The number of piperidine rings is 1. The normalized spacial score (nSPS) is 16.4. The number of aliphatic hydroxyl groups excluding tert-OH is 1. The van der Waals surface area contributed by atoms with Gasteiger partial charge < -0.3 is 31.1 Å². The van der Waals surface area contributed by atoms with Crippen LogP contribution in [0.1, 0.15) is 24.0 Å². The van der Waals surface area contributed by atoms with Gasteiger partial charge in [0.2, 0.25) is 0 Å². The van der Waals surface area contributed by atoms with E-state index in [1.165, 1.54) is 16.4 Å². The lowest BCUT2D eigenvalue weighted by atomic mass is 9.99. The largest absolute Gasteiger partial charge is 0.490 e. The summed E-state index contributed by atoms with van der Waals surface area (Å²) in [4.78, 5) is 3.63. The summed E-state index contributed by atoms with van der Waals surface area (Å²) in [5.41, 5.74) is 13.6. The molecule has 0 amide bonds. The van der Waals surface area contributed by atoms with Crippen LogP contribution < -0.4 is 20.5 Å². The molecule has 2 aliphatic heterocycles. The number of likely N-dealkylation sites (tertiary alicyclic amines) is 1. The van der Waals surface area contributed by atoms with Gasteiger partial charge in [-0.15, -0.1) is 0 Å². The number of guanidine groups is 2. The van der Waals surface area contributed by atoms with E-state index in [0.29, 0.717) is 37.6 Å². The molecular formula is C24H33N7O4S. The Morgan fingerprint density at radius 2 is 1.67 bits per heavy atom. The molecular weight excluding hydrogens is 482 g/mol. The van der Waals surface area contributed by atoms with Gasteiger partial charge in [0.15, 0.2) is 11.9 Å². The Balaban J connectivity index is 1.50. The fourth-order valence-electron chi connectivity index (χ4n) is 4.61. The highest BCUT2D eigenvalue weighted by atomic mass is 32.2. The predicted octanol–water partition coefficient (Wildman–Crippen LogP) is 0.862. The van der Waals surface area contributed by atoms with Crippen LogP contribution in [-0.2, 0) is 23.0 Å². The first-order valence-corrected chi connectivity index (χ1v) is 13.3. The van der Waals surface area contributed by atoms with Gasteiger partial charge in [-0.1, -0.05) is 6.07 Å². The molecule has 1 saturated heterocycles. The van der Waals surface area contributed by atoms with Crippen LogP contribution in [0.3, 0.4) is 0 Å². The van der Waals surface area contributed by atoms with Crippen molar-refractivity contribution in [2.24, 2.45) is 11.5 Å². The zero-order valence-corrected chi connectivity index (χ0v) is 20.9. The maximum absolute atomic E-state index is 13.5. The molecule has 4 rings (SSSR count). The maximum Gasteiger partial charge on any atom is 0.264 e. The third-order valence-corrected chi connectivity index (χ3v) is 8.47. The Hall–Kier alpha value is -3.51. The van der Waals surface area contributed by atoms with E-state index in [1.54, 1.807) is 34.1 Å². The molecule has 0 saturated carbocycles. The molecule has 12 heteroatoms. The highest BCUT2D eigenvalue weighted by molar-refractivity contribution is 7.92. The maximum atomic E-state index is 13.5. The Bertz CT molecular complexity index is 1210. The molecule has 0 radical (unpaired) electrons. The molecule has 2 aliphatic rings. The number of hydrogen-bond donors (Lipinski definition) is 5. The number of benzene rings is 2. The number of sulfonamides is 1. The minimum Gasteiger partial charge on any atom is -0.490 e. The number of nitrogens with zero attached hydrogens (tertiary/aromatic N) is 3. The number of hydrogen-bond acceptors (Lipinski definition) is 6. The van der Waals surface area contributed by atoms with Crippen molar-refractivity contribution in [2.75, 3.05) is 37.1 Å². The molecule has 0 unspecified atom stereocenters. The molecule has 11 nitrogen and oxygen atoms in total. The molecule has 0 spiro atoms. The minimum absolute atomic E-state index is 0.0161. The number of aliphatic hydroxyl groups is 1. The molecule has 2 aromatic rings. The second-order valence-electron chi connectivity index (χ2n) is 8.97. The average Bonchev–Trinajstić information content (AvgIpc) is 2.87. The van der Waals surface area contributed by atoms with Crippen molar-refractivity contribution < 1.29 is 18.3 Å². The summed E-state index contributed by atoms with van der Waals surface area (Å²) in [6, 6.07) is 11.7. The first kappa shape index (κ1) is 25.6. The lowest BCUT2D eigenvalue weighted by Crippen LogP contribution is -2.44. The van der Waals surface area contributed by atoms with E-state index in [9.17, 15) is 13.5 Å². The Morgan fingerprint density at radius 3 is 2.28 bits per heavy atom. The zero-order valence-electron chi connectivity index (χ0n) is 20.1. The van der Waals surface area contributed by atoms with Gasteiger partial charge in [0, 0.05) is 39.0 Å². The monoisotopic (exact) mass is 515 g/mol. The van der Waals surface area contributed by atoms with Gasteiger partial charge in [0.05, 0.1) is 23.7 Å². The van der Waals surface area contributed by atoms with Crippen molar-refractivity contribution in [1.82, 2.24) is 9.80 Å². The van der Waals surface area contributed by atoms with E-state index in [0.717, 1.165) is 30.4 Å². The van der Waals surface area contributed by atoms with E-state index in [4.69, 9.17) is 27.0 Å². The van der Waals surface area contributed by atoms with Crippen LogP contribution in [0, 0.1) is 10.8 Å². The van der Waals surface area contributed by atoms with Crippen molar-refractivity contribution in [3.8, 4) is 5.75 Å². The van der Waals surface area contributed by atoms with Crippen molar-refractivity contribution >= 4 is 27.6 Å². The van der Waals surface area contributed by atoms with E-state index < -0.39 is 10.0 Å². The minimum atomic E-state index is -3.95. The molecule has 36 heavy (non-hydrogen) atoms. The lowest BCUT2D eigenvalue weighted by Gasteiger charge is -2.32. The predicted molar refractivity (Wildman–Crippen MR) is 138 cm³/mol. The molecule has 7 N–H and O–H groups in total. The van der Waals surface area contributed by atoms with Crippen LogP contribution >= 0.6 is 0 Å². The molecule has 194 valence electrons. The summed E-state index contributed by atoms with van der Waals surface area (Å²) >= 11 is 0. The number of anilines is 1. The second kappa shape index (κ2) is 10.6. The van der Waals surface area contributed by atoms with E-state index in [-0.39, 0.29) is 36.1 Å². The molecule has 2 heterocycles. The van der Waals surface area contributed by atoms with Gasteiger partial charge in [0.1, 0.15) is 11.9 Å². The van der Waals surface area contributed by atoms with Crippen molar-refractivity contribution in [3.05, 3.63) is 53.6 Å². The molecule has 0 bridgehead atoms. The quantitative estimate of drug-likeness (QED) is 0.267. The van der Waals surface area contributed by atoms with Crippen LogP contribution in [0.25, 0.3) is 0 Å². The van der Waals surface area contributed by atoms with E-state index >= 15 is 0 Å². The SMILES string of the molecule is N=C(N)N1CCC(Oc2ccc(S(=O)(=O)N(CCO)c3ccc4c(c3)CN(C(=N)N)CC4)cc2)CC1. The summed E-state index contributed by atoms with van der Waals surface area (Å²) in [7, 11) is -3.95. The van der Waals surface area contributed by atoms with Crippen LogP contribution in [0.4, 0.5) is 5.69 Å². The second-order valence-corrected chi connectivity index (χ2v) is 10.8. The van der Waals surface area contributed by atoms with Crippen LogP contribution in [-0.4, -0.2) is 74.1 Å². The highest BCUT2D eigenvalue weighted by Crippen LogP contribution is 2.29. The number of ether oxygens (including phenoxy) is 1. The fraction of sp³-hybridized carbons (Fsp3) is 0.417. The molecule has 0 aliphatic carbocycles. The van der Waals surface area contributed by atoms with Crippen molar-refractivity contribution in [2.45, 2.75) is 36.8 Å². The molecule has 0 atom stereocenters. The summed E-state index contributed by atoms with van der Waals surface area (Å²) in [5.74, 6) is 0.616. The first-order valence-electron chi connectivity index (χ1n) is 11.9. The van der Waals surface area contributed by atoms with Gasteiger partial charge in [-0.05, 0) is 53.9 Å². The Morgan fingerprint density at radius 1 is 1.00 bits per heavy atom. The number of rotatable bonds is 7. The van der Waals surface area contributed by atoms with Gasteiger partial charge in [-0.3, -0.25) is 15.1 Å².